The smallest absolute Gasteiger partial charge is 0.252 e. The van der Waals surface area contributed by atoms with E-state index in [1.807, 2.05) is 71.9 Å². The van der Waals surface area contributed by atoms with E-state index >= 15 is 0 Å². The average molecular weight is 1720 g/mol. The zero-order valence-electron chi connectivity index (χ0n) is 111. The van der Waals surface area contributed by atoms with Crippen molar-refractivity contribution in [2.75, 3.05) is 9.80 Å². The number of benzene rings is 14. The number of fused-ring (bicyclic) bond motifs is 10. The van der Waals surface area contributed by atoms with Gasteiger partial charge in [-0.15, -0.1) is 0 Å². The highest BCUT2D eigenvalue weighted by Gasteiger charge is 2.47. The Balaban J connectivity index is 1.26. The van der Waals surface area contributed by atoms with Crippen LogP contribution >= 0.6 is 0 Å². The van der Waals surface area contributed by atoms with Crippen LogP contribution < -0.4 is 26.2 Å². The number of nitrogens with zero attached hydrogens (tertiary/aromatic N) is 4. The van der Waals surface area contributed by atoms with Gasteiger partial charge in [0.1, 0.15) is 0 Å². The third kappa shape index (κ3) is 15.7. The summed E-state index contributed by atoms with van der Waals surface area (Å²) in [5, 5.41) is 0.736. The molecule has 5 heteroatoms. The molecular formula is C124H135BN4. The van der Waals surface area contributed by atoms with Gasteiger partial charge in [-0.2, -0.15) is 0 Å². The number of hydrogen-bond donors (Lipinski definition) is 0. The average Bonchev–Trinajstić information content (AvgIpc) is 0.959. The standard InChI is InChI=1S/C124H135BN4/c1-115(2,3)81-50-47-77(48-51-81)95-68-88(122(22,23)24)70-97(80-62-86(120(16,17)18)65-87(63-80)121(19,20)21)113(95)128-108-64-78(76-39-32-31-33-40-76)49-57-102(108)125-103-58-55-90(126-106-59-53-83(117(7,8)9)66-98(106)99-67-84(118(10,11)12)54-60-107(99)126)73-109(103)129(111-75-91(74-110(128)112(111)125)127-104-45-36-34-43-93(104)94-44-35-37-46-105(94)127)114-96(79-41-38-42-82(61-79)116(4,5)6)69-89(123(25,26)27)71-100(114)92-56-52-85(119(13,14)15)72-101(92)124(28,29)30/h31-75H,1-30H3/i31D,32D,33D,34D,35D,36D,37D,38D,39D,40D,41D,42D,43D,44D,45D,46D,47D,48D,50D,51D,52D,56D,61D,62D,63D,65D,68D,69D,70D,71D,72D. The third-order valence-electron chi connectivity index (χ3n) is 25.1. The SMILES string of the molecule is [2H]c1c([2H])c([2H])c(-c2ccc3c(c2)N(c2c(-c4c([2H])c([2H])c(C(C)(C)C)c([2H])c4[2H])c([2H])c(C(C)(C)C)c([2H])c2-c2c([2H])c(C(C)(C)C)c([2H])c(C(C)(C)C)c2[2H])c2cc(-n4c5c([2H])c([2H])c([2H])c([2H])c5c5c([2H])c([2H])c([2H])c([2H])c54)cc4c2B3c2ccc(-n3c5ccc(C(C)(C)C)cc5c5cc(C(C)(C)C)ccc53)cc2N4c2c(-c3c([2H])c([2H])c([2H])c(C(C)(C)C)c3[2H])c([2H])c(C(C)(C)C)c([2H])c2-c2c([2H])c([2H])c(C(C)(C)C)c([2H])c2C(C)(C)C)c([2H])c1[2H]. The van der Waals surface area contributed by atoms with Gasteiger partial charge in [0.25, 0.3) is 6.71 Å². The first kappa shape index (κ1) is 58.1. The van der Waals surface area contributed by atoms with Crippen LogP contribution in [0.1, 0.15) is 306 Å². The normalized spacial score (nSPS) is 17.1. The summed E-state index contributed by atoms with van der Waals surface area (Å²) in [7, 11) is 0. The molecule has 0 atom stereocenters. The Morgan fingerprint density at radius 2 is 0.620 bits per heavy atom. The first-order valence-corrected chi connectivity index (χ1v) is 44.9. The van der Waals surface area contributed by atoms with Gasteiger partial charge >= 0.3 is 0 Å². The second kappa shape index (κ2) is 30.5. The van der Waals surface area contributed by atoms with Crippen LogP contribution in [0.5, 0.6) is 0 Å². The van der Waals surface area contributed by atoms with Crippen molar-refractivity contribution in [2.24, 2.45) is 0 Å². The fraction of sp³-hybridized carbons (Fsp3) is 0.323. The summed E-state index contributed by atoms with van der Waals surface area (Å²) in [6, 6.07) is 5.38. The van der Waals surface area contributed by atoms with Gasteiger partial charge in [0, 0.05) is 72.2 Å². The summed E-state index contributed by atoms with van der Waals surface area (Å²) in [5.41, 5.74) is -14.1. The molecule has 0 radical (unpaired) electrons. The molecule has 2 aliphatic heterocycles. The topological polar surface area (TPSA) is 16.3 Å². The Hall–Kier alpha value is -11.7. The minimum Gasteiger partial charge on any atom is -0.310 e. The molecule has 4 nitrogen and oxygen atoms in total. The molecule has 2 aromatic heterocycles. The van der Waals surface area contributed by atoms with E-state index in [0.29, 0.717) is 16.7 Å². The Labute approximate surface area is 815 Å². The summed E-state index contributed by atoms with van der Waals surface area (Å²) in [4.78, 5) is 3.16. The molecule has 129 heavy (non-hydrogen) atoms. The molecule has 4 heterocycles. The number of rotatable bonds is 9. The number of hydrogen-bond acceptors (Lipinski definition) is 2. The molecule has 0 N–H and O–H groups in total. The van der Waals surface area contributed by atoms with Crippen molar-refractivity contribution in [2.45, 2.75) is 262 Å². The van der Waals surface area contributed by atoms with Crippen LogP contribution in [0, 0.1) is 0 Å². The molecule has 16 aromatic rings. The van der Waals surface area contributed by atoms with E-state index < -0.39 is 303 Å². The van der Waals surface area contributed by atoms with E-state index in [-0.39, 0.29) is 124 Å². The number of aromatic nitrogens is 2. The molecule has 654 valence electrons. The lowest BCUT2D eigenvalue weighted by atomic mass is 9.33. The van der Waals surface area contributed by atoms with Gasteiger partial charge in [0.15, 0.2) is 0 Å². The molecule has 0 fully saturated rings. The molecule has 0 spiro atoms. The molecule has 0 saturated heterocycles. The van der Waals surface area contributed by atoms with Crippen molar-refractivity contribution >= 4 is 101 Å². The van der Waals surface area contributed by atoms with E-state index in [9.17, 15) is 41.1 Å². The summed E-state index contributed by atoms with van der Waals surface area (Å²) in [6.45, 7) is 53.4. The lowest BCUT2D eigenvalue weighted by Gasteiger charge is -2.46. The Kier molecular flexibility index (Phi) is 13.7. The second-order valence-corrected chi connectivity index (χ2v) is 45.5. The number of para-hydroxylation sites is 2. The molecule has 2 aliphatic rings. The van der Waals surface area contributed by atoms with Gasteiger partial charge < -0.3 is 18.9 Å². The van der Waals surface area contributed by atoms with Crippen molar-refractivity contribution in [3.63, 3.8) is 0 Å². The van der Waals surface area contributed by atoms with Gasteiger partial charge in [-0.25, -0.2) is 0 Å². The van der Waals surface area contributed by atoms with Crippen LogP contribution in [0.4, 0.5) is 34.1 Å². The van der Waals surface area contributed by atoms with E-state index in [4.69, 9.17) is 1.37 Å². The zero-order chi connectivity index (χ0) is 119. The largest absolute Gasteiger partial charge is 0.310 e. The summed E-state index contributed by atoms with van der Waals surface area (Å²) in [6.07, 6.45) is 0. The Morgan fingerprint density at radius 3 is 1.12 bits per heavy atom. The van der Waals surface area contributed by atoms with Crippen LogP contribution in [-0.2, 0) is 54.1 Å². The monoisotopic (exact) mass is 1720 g/mol. The maximum atomic E-state index is 12.0. The molecule has 0 unspecified atom stereocenters. The highest BCUT2D eigenvalue weighted by molar-refractivity contribution is 7.00. The quantitative estimate of drug-likeness (QED) is 0.134. The first-order chi connectivity index (χ1) is 73.3. The maximum Gasteiger partial charge on any atom is 0.252 e. The number of anilines is 6. The van der Waals surface area contributed by atoms with E-state index in [1.165, 1.54) is 21.6 Å². The zero-order valence-corrected chi connectivity index (χ0v) is 80.4. The maximum absolute atomic E-state index is 12.0. The van der Waals surface area contributed by atoms with Gasteiger partial charge in [-0.3, -0.25) is 0 Å². The predicted octanol–water partition coefficient (Wildman–Crippen LogP) is 33.3. The van der Waals surface area contributed by atoms with E-state index in [2.05, 4.69) is 70.4 Å². The van der Waals surface area contributed by atoms with Gasteiger partial charge in [-0.1, -0.05) is 389 Å². The van der Waals surface area contributed by atoms with Crippen molar-refractivity contribution in [3.05, 3.63) is 328 Å². The molecule has 0 bridgehead atoms. The van der Waals surface area contributed by atoms with Crippen LogP contribution in [0.2, 0.25) is 0 Å². The highest BCUT2D eigenvalue weighted by atomic mass is 15.2. The van der Waals surface area contributed by atoms with Crippen molar-refractivity contribution in [3.8, 4) is 67.0 Å². The molecule has 18 rings (SSSR count). The van der Waals surface area contributed by atoms with Crippen LogP contribution in [0.25, 0.3) is 111 Å². The van der Waals surface area contributed by atoms with Crippen molar-refractivity contribution < 1.29 is 42.5 Å². The van der Waals surface area contributed by atoms with E-state index in [1.54, 1.807) is 148 Å². The van der Waals surface area contributed by atoms with Crippen LogP contribution in [0.15, 0.2) is 272 Å². The Bertz CT molecular complexity index is 8940. The van der Waals surface area contributed by atoms with Gasteiger partial charge in [0.05, 0.1) is 81.6 Å². The summed E-state index contributed by atoms with van der Waals surface area (Å²) in [5.74, 6) is 0. The fourth-order valence-electron chi connectivity index (χ4n) is 17.7. The first-order valence-electron chi connectivity index (χ1n) is 60.4. The van der Waals surface area contributed by atoms with Crippen LogP contribution in [-0.4, -0.2) is 15.8 Å². The molecule has 0 amide bonds. The summed E-state index contributed by atoms with van der Waals surface area (Å²) >= 11 is 0. The molecular weight excluding hydrogens is 1560 g/mol. The minimum atomic E-state index is -1.51. The fourth-order valence-corrected chi connectivity index (χ4v) is 17.7. The van der Waals surface area contributed by atoms with Crippen LogP contribution in [0.3, 0.4) is 0 Å². The summed E-state index contributed by atoms with van der Waals surface area (Å²) < 4.78 is 333. The van der Waals surface area contributed by atoms with Crippen molar-refractivity contribution in [1.82, 2.24) is 9.13 Å². The third-order valence-corrected chi connectivity index (χ3v) is 25.1. The molecule has 14 aromatic carbocycles. The Morgan fingerprint density at radius 1 is 0.225 bits per heavy atom. The highest BCUT2D eigenvalue weighted by Crippen LogP contribution is 2.58. The predicted molar refractivity (Wildman–Crippen MR) is 563 cm³/mol. The lowest BCUT2D eigenvalue weighted by Crippen LogP contribution is -2.61. The second-order valence-electron chi connectivity index (χ2n) is 45.5. The van der Waals surface area contributed by atoms with Gasteiger partial charge in [-0.05, 0) is 250 Å². The van der Waals surface area contributed by atoms with Gasteiger partial charge in [0.2, 0.25) is 0 Å². The lowest BCUT2D eigenvalue weighted by molar-refractivity contribution is 0.568. The molecule has 0 aliphatic carbocycles. The van der Waals surface area contributed by atoms with E-state index in [0.717, 1.165) is 21.9 Å². The van der Waals surface area contributed by atoms with Crippen molar-refractivity contribution in [1.29, 1.82) is 0 Å². The molecule has 0 saturated carbocycles. The minimum absolute atomic E-state index is 0.00225.